The van der Waals surface area contributed by atoms with E-state index in [0.29, 0.717) is 6.04 Å². The second kappa shape index (κ2) is 2.96. The number of aliphatic hydroxyl groups is 1. The van der Waals surface area contributed by atoms with Crippen LogP contribution in [0.4, 0.5) is 0 Å². The average Bonchev–Trinajstić information content (AvgIpc) is 2.44. The van der Waals surface area contributed by atoms with Crippen molar-refractivity contribution in [2.45, 2.75) is 70.3 Å². The van der Waals surface area contributed by atoms with Crippen LogP contribution in [0.15, 0.2) is 0 Å². The molecule has 1 spiro atoms. The number of hydrogen-bond donors (Lipinski definition) is 2. The van der Waals surface area contributed by atoms with Gasteiger partial charge in [-0.25, -0.2) is 0 Å². The Hall–Kier alpha value is -0.120. The zero-order valence-corrected chi connectivity index (χ0v) is 10.5. The molecule has 2 aliphatic heterocycles. The minimum atomic E-state index is -0.146. The molecule has 0 aromatic carbocycles. The van der Waals surface area contributed by atoms with E-state index < -0.39 is 0 Å². The van der Waals surface area contributed by atoms with Crippen molar-refractivity contribution in [1.82, 2.24) is 0 Å². The lowest BCUT2D eigenvalue weighted by Gasteiger charge is -2.23. The quantitative estimate of drug-likeness (QED) is 0.535. The summed E-state index contributed by atoms with van der Waals surface area (Å²) in [5.74, 6) is 0. The summed E-state index contributed by atoms with van der Waals surface area (Å²) in [5, 5.41) is 10.2. The van der Waals surface area contributed by atoms with Crippen molar-refractivity contribution in [3.63, 3.8) is 0 Å². The summed E-state index contributed by atoms with van der Waals surface area (Å²) in [5.41, 5.74) is 6.21. The molecule has 2 rings (SSSR count). The minimum absolute atomic E-state index is 0.119. The van der Waals surface area contributed by atoms with Gasteiger partial charge in [-0.05, 0) is 27.7 Å². The standard InChI is InChI=1S/C12H25N2O/c1-11(2,13)8-9-12(3,4)14(9)7-5-6-10(14)15/h9-10,15H,5-8,13H2,1-4H3/q+1. The van der Waals surface area contributed by atoms with Crippen LogP contribution < -0.4 is 5.73 Å². The maximum Gasteiger partial charge on any atom is 0.191 e. The Morgan fingerprint density at radius 1 is 1.47 bits per heavy atom. The molecule has 0 bridgehead atoms. The van der Waals surface area contributed by atoms with Gasteiger partial charge < -0.3 is 10.8 Å². The molecule has 2 aliphatic rings. The van der Waals surface area contributed by atoms with Gasteiger partial charge in [-0.15, -0.1) is 0 Å². The third kappa shape index (κ3) is 1.44. The summed E-state index contributed by atoms with van der Waals surface area (Å²) in [7, 11) is 0. The molecule has 0 saturated carbocycles. The molecule has 3 heteroatoms. The van der Waals surface area contributed by atoms with E-state index >= 15 is 0 Å². The molecule has 3 nitrogen and oxygen atoms in total. The van der Waals surface area contributed by atoms with E-state index in [1.807, 2.05) is 0 Å². The molecule has 0 radical (unpaired) electrons. The monoisotopic (exact) mass is 213 g/mol. The third-order valence-corrected chi connectivity index (χ3v) is 4.62. The van der Waals surface area contributed by atoms with E-state index in [4.69, 9.17) is 5.73 Å². The van der Waals surface area contributed by atoms with Crippen LogP contribution in [0.3, 0.4) is 0 Å². The maximum atomic E-state index is 10.2. The van der Waals surface area contributed by atoms with Crippen LogP contribution in [0.25, 0.3) is 0 Å². The lowest BCUT2D eigenvalue weighted by molar-refractivity contribution is -0.875. The predicted octanol–water partition coefficient (Wildman–Crippen LogP) is 1.20. The maximum absolute atomic E-state index is 10.2. The van der Waals surface area contributed by atoms with Gasteiger partial charge >= 0.3 is 0 Å². The topological polar surface area (TPSA) is 46.2 Å². The van der Waals surface area contributed by atoms with Crippen LogP contribution in [-0.2, 0) is 0 Å². The van der Waals surface area contributed by atoms with E-state index in [1.165, 1.54) is 0 Å². The summed E-state index contributed by atoms with van der Waals surface area (Å²) < 4.78 is 0.910. The summed E-state index contributed by atoms with van der Waals surface area (Å²) >= 11 is 0. The van der Waals surface area contributed by atoms with Gasteiger partial charge in [0.2, 0.25) is 0 Å². The molecule has 0 aromatic heterocycles. The number of hydrogen-bond acceptors (Lipinski definition) is 2. The Kier molecular flexibility index (Phi) is 2.25. The van der Waals surface area contributed by atoms with Crippen LogP contribution in [0.5, 0.6) is 0 Å². The predicted molar refractivity (Wildman–Crippen MR) is 61.1 cm³/mol. The Labute approximate surface area is 92.8 Å². The van der Waals surface area contributed by atoms with Crippen molar-refractivity contribution in [1.29, 1.82) is 0 Å². The molecule has 0 aliphatic carbocycles. The number of aliphatic hydroxyl groups excluding tert-OH is 1. The normalized spacial score (nSPS) is 43.6. The van der Waals surface area contributed by atoms with Gasteiger partial charge in [0.15, 0.2) is 6.23 Å². The van der Waals surface area contributed by atoms with Crippen molar-refractivity contribution in [2.75, 3.05) is 6.54 Å². The number of nitrogens with two attached hydrogens (primary N) is 1. The Morgan fingerprint density at radius 3 is 2.47 bits per heavy atom. The smallest absolute Gasteiger partial charge is 0.191 e. The first-order valence-corrected chi connectivity index (χ1v) is 6.06. The summed E-state index contributed by atoms with van der Waals surface area (Å²) in [6, 6.07) is 0.551. The van der Waals surface area contributed by atoms with Crippen LogP contribution in [0.1, 0.15) is 47.0 Å². The number of nitrogens with zero attached hydrogens (tertiary/aromatic N) is 1. The van der Waals surface area contributed by atoms with Crippen LogP contribution >= 0.6 is 0 Å². The van der Waals surface area contributed by atoms with E-state index in [1.54, 1.807) is 0 Å². The van der Waals surface area contributed by atoms with Gasteiger partial charge in [0.1, 0.15) is 11.6 Å². The molecule has 3 unspecified atom stereocenters. The molecule has 2 saturated heterocycles. The van der Waals surface area contributed by atoms with E-state index in [0.717, 1.165) is 30.3 Å². The van der Waals surface area contributed by atoms with Gasteiger partial charge in [0.05, 0.1) is 6.54 Å². The van der Waals surface area contributed by atoms with Gasteiger partial charge in [0.25, 0.3) is 0 Å². The summed E-state index contributed by atoms with van der Waals surface area (Å²) in [6.45, 7) is 9.85. The molecule has 0 aromatic rings. The molecular formula is C12H25N2O+. The number of quaternary nitrogens is 1. The zero-order valence-electron chi connectivity index (χ0n) is 10.5. The lowest BCUT2D eigenvalue weighted by atomic mass is 9.95. The molecule has 15 heavy (non-hydrogen) atoms. The molecule has 3 N–H and O–H groups in total. The molecule has 88 valence electrons. The largest absolute Gasteiger partial charge is 0.345 e. The Bertz CT molecular complexity index is 269. The first-order chi connectivity index (χ1) is 6.72. The first-order valence-electron chi connectivity index (χ1n) is 6.06. The average molecular weight is 213 g/mol. The minimum Gasteiger partial charge on any atom is -0.345 e. The zero-order chi connectivity index (χ0) is 11.5. The highest BCUT2D eigenvalue weighted by Gasteiger charge is 2.77. The highest BCUT2D eigenvalue weighted by Crippen LogP contribution is 2.58. The van der Waals surface area contributed by atoms with Gasteiger partial charge in [-0.3, -0.25) is 4.48 Å². The van der Waals surface area contributed by atoms with Gasteiger partial charge in [-0.2, -0.15) is 0 Å². The van der Waals surface area contributed by atoms with Crippen LogP contribution in [0, 0.1) is 0 Å². The molecular weight excluding hydrogens is 188 g/mol. The summed E-state index contributed by atoms with van der Waals surface area (Å²) in [6.07, 6.45) is 2.99. The van der Waals surface area contributed by atoms with Gasteiger partial charge in [-0.1, -0.05) is 0 Å². The third-order valence-electron chi connectivity index (χ3n) is 4.62. The molecule has 0 amide bonds. The van der Waals surface area contributed by atoms with Crippen LogP contribution in [0.2, 0.25) is 0 Å². The molecule has 2 heterocycles. The van der Waals surface area contributed by atoms with Crippen molar-refractivity contribution >= 4 is 0 Å². The Balaban J connectivity index is 2.16. The van der Waals surface area contributed by atoms with E-state index in [2.05, 4.69) is 27.7 Å². The Morgan fingerprint density at radius 2 is 2.07 bits per heavy atom. The second-order valence-electron chi connectivity index (χ2n) is 6.64. The summed E-state index contributed by atoms with van der Waals surface area (Å²) in [4.78, 5) is 0. The molecule has 2 fully saturated rings. The van der Waals surface area contributed by atoms with Crippen molar-refractivity contribution < 1.29 is 9.59 Å². The first kappa shape index (κ1) is 11.4. The van der Waals surface area contributed by atoms with E-state index in [9.17, 15) is 5.11 Å². The number of rotatable bonds is 2. The fourth-order valence-electron chi connectivity index (χ4n) is 3.75. The fraction of sp³-hybridized carbons (Fsp3) is 1.00. The highest BCUT2D eigenvalue weighted by molar-refractivity contribution is 5.03. The second-order valence-corrected chi connectivity index (χ2v) is 6.64. The fourth-order valence-corrected chi connectivity index (χ4v) is 3.75. The van der Waals surface area contributed by atoms with Gasteiger partial charge in [0, 0.05) is 24.8 Å². The SMILES string of the molecule is CC(C)(N)CC1C(C)(C)[N+]12CCCC2O. The van der Waals surface area contributed by atoms with E-state index in [-0.39, 0.29) is 17.3 Å². The van der Waals surface area contributed by atoms with Crippen molar-refractivity contribution in [3.05, 3.63) is 0 Å². The van der Waals surface area contributed by atoms with Crippen molar-refractivity contribution in [3.8, 4) is 0 Å². The highest BCUT2D eigenvalue weighted by atomic mass is 16.3. The molecule has 3 atom stereocenters. The van der Waals surface area contributed by atoms with Crippen LogP contribution in [-0.4, -0.2) is 39.5 Å². The van der Waals surface area contributed by atoms with Crippen molar-refractivity contribution in [2.24, 2.45) is 5.73 Å². The lowest BCUT2D eigenvalue weighted by Crippen LogP contribution is -2.41.